The summed E-state index contributed by atoms with van der Waals surface area (Å²) in [4.78, 5) is 51.4. The Morgan fingerprint density at radius 1 is 1.26 bits per heavy atom. The van der Waals surface area contributed by atoms with E-state index in [9.17, 15) is 29.2 Å². The third-order valence-corrected chi connectivity index (χ3v) is 3.77. The van der Waals surface area contributed by atoms with Gasteiger partial charge in [-0.15, -0.1) is 0 Å². The Bertz CT molecular complexity index is 764. The number of benzene rings is 1. The van der Waals surface area contributed by atoms with E-state index >= 15 is 0 Å². The number of hydrogen-bond acceptors (Lipinski definition) is 7. The molecule has 0 saturated carbocycles. The maximum Gasteiger partial charge on any atom is 0.524 e. The number of nitrogens with two attached hydrogens (primary N) is 2. The first kappa shape index (κ1) is 22.4. The first-order valence-electron chi connectivity index (χ1n) is 7.53. The molecule has 0 radical (unpaired) electrons. The van der Waals surface area contributed by atoms with Crippen molar-refractivity contribution in [1.82, 2.24) is 5.32 Å². The zero-order valence-electron chi connectivity index (χ0n) is 13.9. The summed E-state index contributed by atoms with van der Waals surface area (Å²) < 4.78 is 15.0. The number of primary amides is 1. The highest BCUT2D eigenvalue weighted by Gasteiger charge is 2.25. The fraction of sp³-hybridized carbons (Fsp3) is 0.357. The molecule has 27 heavy (non-hydrogen) atoms. The van der Waals surface area contributed by atoms with Crippen LogP contribution in [-0.4, -0.2) is 49.9 Å². The molecule has 0 bridgehead atoms. The molecule has 2 atom stereocenters. The molecule has 0 aliphatic rings. The molecule has 9 N–H and O–H groups in total. The molecule has 0 unspecified atom stereocenters. The highest BCUT2D eigenvalue weighted by molar-refractivity contribution is 7.46. The zero-order valence-corrected chi connectivity index (χ0v) is 14.8. The number of carbonyl (C=O) groups excluding carboxylic acids is 2. The monoisotopic (exact) mass is 405 g/mol. The second kappa shape index (κ2) is 9.33. The number of hydrogen-bond donors (Lipinski definition) is 7. The van der Waals surface area contributed by atoms with E-state index in [4.69, 9.17) is 21.3 Å². The molecule has 0 fully saturated rings. The van der Waals surface area contributed by atoms with Crippen molar-refractivity contribution in [1.29, 1.82) is 0 Å². The minimum atomic E-state index is -4.87. The smallest absolute Gasteiger partial charge is 0.504 e. The van der Waals surface area contributed by atoms with Crippen LogP contribution in [0.4, 0.5) is 0 Å². The molecule has 12 nitrogen and oxygen atoms in total. The second-order valence-electron chi connectivity index (χ2n) is 5.60. The van der Waals surface area contributed by atoms with Crippen LogP contribution in [0, 0.1) is 0 Å². The number of amides is 2. The van der Waals surface area contributed by atoms with Crippen molar-refractivity contribution in [3.63, 3.8) is 0 Å². The Morgan fingerprint density at radius 2 is 1.89 bits per heavy atom. The molecule has 0 aromatic heterocycles. The fourth-order valence-electron chi connectivity index (χ4n) is 2.04. The molecule has 0 aliphatic carbocycles. The number of phenolic OH excluding ortho intramolecular Hbond substituents is 1. The van der Waals surface area contributed by atoms with Crippen molar-refractivity contribution in [2.45, 2.75) is 31.3 Å². The maximum atomic E-state index is 11.9. The Labute approximate surface area is 153 Å². The third-order valence-electron chi connectivity index (χ3n) is 3.33. The molecule has 1 aromatic carbocycles. The molecule has 0 spiro atoms. The van der Waals surface area contributed by atoms with Crippen LogP contribution in [0.25, 0.3) is 0 Å². The molecular formula is C14H20N3O9P. The first-order chi connectivity index (χ1) is 12.4. The van der Waals surface area contributed by atoms with Crippen LogP contribution < -0.4 is 21.3 Å². The van der Waals surface area contributed by atoms with Gasteiger partial charge in [0.1, 0.15) is 6.04 Å². The molecule has 1 aromatic rings. The number of carbonyl (C=O) groups is 3. The zero-order chi connectivity index (χ0) is 20.8. The van der Waals surface area contributed by atoms with E-state index in [1.807, 2.05) is 0 Å². The Morgan fingerprint density at radius 3 is 2.37 bits per heavy atom. The van der Waals surface area contributed by atoms with E-state index in [-0.39, 0.29) is 24.8 Å². The minimum absolute atomic E-state index is 0.0529. The summed E-state index contributed by atoms with van der Waals surface area (Å²) in [6.45, 7) is 0. The van der Waals surface area contributed by atoms with E-state index in [0.717, 1.165) is 12.1 Å². The van der Waals surface area contributed by atoms with Gasteiger partial charge in [-0.2, -0.15) is 0 Å². The summed E-state index contributed by atoms with van der Waals surface area (Å²) in [5, 5.41) is 21.2. The predicted molar refractivity (Wildman–Crippen MR) is 90.5 cm³/mol. The van der Waals surface area contributed by atoms with Gasteiger partial charge in [-0.3, -0.25) is 19.4 Å². The summed E-state index contributed by atoms with van der Waals surface area (Å²) in [7, 11) is -4.87. The van der Waals surface area contributed by atoms with E-state index in [0.29, 0.717) is 0 Å². The van der Waals surface area contributed by atoms with Gasteiger partial charge in [0.05, 0.1) is 6.04 Å². The molecule has 0 saturated heterocycles. The lowest BCUT2D eigenvalue weighted by Crippen LogP contribution is -2.49. The van der Waals surface area contributed by atoms with Gasteiger partial charge in [-0.1, -0.05) is 6.07 Å². The Kier molecular flexibility index (Phi) is 7.73. The normalized spacial score (nSPS) is 13.4. The number of phenols is 1. The fourth-order valence-corrected chi connectivity index (χ4v) is 2.45. The van der Waals surface area contributed by atoms with Crippen molar-refractivity contribution in [2.24, 2.45) is 11.5 Å². The Balaban J connectivity index is 2.81. The van der Waals surface area contributed by atoms with E-state index in [2.05, 4.69) is 9.84 Å². The molecule has 0 heterocycles. The van der Waals surface area contributed by atoms with Gasteiger partial charge in [0.15, 0.2) is 11.5 Å². The number of rotatable bonds is 10. The largest absolute Gasteiger partial charge is 0.524 e. The number of carboxylic acid groups (broad SMARTS) is 1. The van der Waals surface area contributed by atoms with Crippen LogP contribution in [0.2, 0.25) is 0 Å². The minimum Gasteiger partial charge on any atom is -0.504 e. The average Bonchev–Trinajstić information content (AvgIpc) is 2.53. The lowest BCUT2D eigenvalue weighted by Gasteiger charge is -2.18. The summed E-state index contributed by atoms with van der Waals surface area (Å²) in [5.41, 5.74) is 10.8. The van der Waals surface area contributed by atoms with Gasteiger partial charge < -0.3 is 31.5 Å². The first-order valence-corrected chi connectivity index (χ1v) is 9.06. The molecule has 150 valence electrons. The van der Waals surface area contributed by atoms with Crippen LogP contribution >= 0.6 is 7.82 Å². The van der Waals surface area contributed by atoms with E-state index < -0.39 is 49.2 Å². The van der Waals surface area contributed by atoms with Crippen molar-refractivity contribution < 1.29 is 43.5 Å². The van der Waals surface area contributed by atoms with Crippen molar-refractivity contribution in [3.8, 4) is 11.5 Å². The van der Waals surface area contributed by atoms with E-state index in [1.54, 1.807) is 0 Å². The highest BCUT2D eigenvalue weighted by atomic mass is 31.2. The number of aromatic hydroxyl groups is 1. The highest BCUT2D eigenvalue weighted by Crippen LogP contribution is 2.41. The SMILES string of the molecule is NC(=O)CC[C@H](N)C(=O)N[C@@H](Cc1ccc(OP(=O)(O)O)c(O)c1)C(=O)O. The number of phosphoric acid groups is 1. The van der Waals surface area contributed by atoms with Crippen molar-refractivity contribution in [3.05, 3.63) is 23.8 Å². The van der Waals surface area contributed by atoms with Crippen LogP contribution in [-0.2, 0) is 25.4 Å². The summed E-state index contributed by atoms with van der Waals surface area (Å²) in [5.74, 6) is -3.93. The Hall–Kier alpha value is -2.66. The van der Waals surface area contributed by atoms with Gasteiger partial charge in [0.2, 0.25) is 11.8 Å². The lowest BCUT2D eigenvalue weighted by atomic mass is 10.0. The molecule has 0 aliphatic heterocycles. The third kappa shape index (κ3) is 8.05. The molecule has 2 amide bonds. The van der Waals surface area contributed by atoms with Crippen molar-refractivity contribution in [2.75, 3.05) is 0 Å². The van der Waals surface area contributed by atoms with Crippen LogP contribution in [0.15, 0.2) is 18.2 Å². The van der Waals surface area contributed by atoms with Crippen molar-refractivity contribution >= 4 is 25.6 Å². The van der Waals surface area contributed by atoms with Crippen LogP contribution in [0.1, 0.15) is 18.4 Å². The second-order valence-corrected chi connectivity index (χ2v) is 6.76. The van der Waals surface area contributed by atoms with Gasteiger partial charge >= 0.3 is 13.8 Å². The van der Waals surface area contributed by atoms with Gasteiger partial charge in [-0.25, -0.2) is 9.36 Å². The average molecular weight is 405 g/mol. The summed E-state index contributed by atoms with van der Waals surface area (Å²) in [6.07, 6.45) is -0.447. The van der Waals surface area contributed by atoms with Gasteiger partial charge in [-0.05, 0) is 24.1 Å². The molecule has 13 heteroatoms. The van der Waals surface area contributed by atoms with Gasteiger partial charge in [0, 0.05) is 12.8 Å². The van der Waals surface area contributed by atoms with Gasteiger partial charge in [0.25, 0.3) is 0 Å². The van der Waals surface area contributed by atoms with Crippen LogP contribution in [0.5, 0.6) is 11.5 Å². The van der Waals surface area contributed by atoms with Crippen LogP contribution in [0.3, 0.4) is 0 Å². The van der Waals surface area contributed by atoms with E-state index in [1.165, 1.54) is 6.07 Å². The number of nitrogens with one attached hydrogen (secondary N) is 1. The maximum absolute atomic E-state index is 11.9. The standard InChI is InChI=1S/C14H20N3O9P/c15-8(2-4-12(16)19)13(20)17-9(14(21)22)5-7-1-3-11(10(18)6-7)26-27(23,24)25/h1,3,6,8-9,18H,2,4-5,15H2,(H2,16,19)(H,17,20)(H,21,22)(H2,23,24,25)/t8-,9-/m0/s1. The summed E-state index contributed by atoms with van der Waals surface area (Å²) >= 11 is 0. The quantitative estimate of drug-likeness (QED) is 0.225. The summed E-state index contributed by atoms with van der Waals surface area (Å²) in [6, 6.07) is 0.820. The number of aliphatic carboxylic acids is 1. The molecular weight excluding hydrogens is 385 g/mol. The topological polar surface area (TPSA) is 222 Å². The number of phosphoric ester groups is 1. The number of carboxylic acids is 1. The lowest BCUT2D eigenvalue weighted by molar-refractivity contribution is -0.142. The predicted octanol–water partition coefficient (Wildman–Crippen LogP) is -1.43. The molecule has 1 rings (SSSR count).